The standard InChI is InChI=1S/C13H18ClNOS/c14-12-4-1-3-10(9-15-11-5-6-11)13(12)17-8-2-7-16/h1,3-4,11,15-16H,2,5-9H2. The molecule has 17 heavy (non-hydrogen) atoms. The minimum Gasteiger partial charge on any atom is -0.396 e. The third kappa shape index (κ3) is 4.18. The molecule has 0 saturated heterocycles. The van der Waals surface area contributed by atoms with Crippen molar-refractivity contribution in [2.24, 2.45) is 0 Å². The summed E-state index contributed by atoms with van der Waals surface area (Å²) in [7, 11) is 0. The first-order valence-electron chi connectivity index (χ1n) is 6.05. The fraction of sp³-hybridized carbons (Fsp3) is 0.538. The predicted octanol–water partition coefficient (Wildman–Crippen LogP) is 3.07. The molecule has 4 heteroatoms. The van der Waals surface area contributed by atoms with Crippen molar-refractivity contribution in [3.8, 4) is 0 Å². The number of halogens is 1. The topological polar surface area (TPSA) is 32.3 Å². The van der Waals surface area contributed by atoms with Crippen LogP contribution in [0.2, 0.25) is 5.02 Å². The second-order valence-corrected chi connectivity index (χ2v) is 5.82. The summed E-state index contributed by atoms with van der Waals surface area (Å²) in [5.74, 6) is 0.913. The molecule has 0 amide bonds. The van der Waals surface area contributed by atoms with Gasteiger partial charge < -0.3 is 10.4 Å². The molecule has 1 fully saturated rings. The van der Waals surface area contributed by atoms with Crippen LogP contribution in [-0.2, 0) is 6.54 Å². The molecule has 1 saturated carbocycles. The highest BCUT2D eigenvalue weighted by Gasteiger charge is 2.20. The Morgan fingerprint density at radius 1 is 1.41 bits per heavy atom. The van der Waals surface area contributed by atoms with E-state index in [0.29, 0.717) is 6.04 Å². The monoisotopic (exact) mass is 271 g/mol. The average Bonchev–Trinajstić information content (AvgIpc) is 3.13. The molecule has 2 nitrogen and oxygen atoms in total. The van der Waals surface area contributed by atoms with Gasteiger partial charge in [-0.15, -0.1) is 11.8 Å². The van der Waals surface area contributed by atoms with Gasteiger partial charge in [0.05, 0.1) is 5.02 Å². The van der Waals surface area contributed by atoms with Crippen molar-refractivity contribution in [3.63, 3.8) is 0 Å². The molecule has 1 aliphatic rings. The van der Waals surface area contributed by atoms with Gasteiger partial charge >= 0.3 is 0 Å². The van der Waals surface area contributed by atoms with Crippen LogP contribution in [0, 0.1) is 0 Å². The molecule has 0 aliphatic heterocycles. The van der Waals surface area contributed by atoms with Gasteiger partial charge in [-0.1, -0.05) is 23.7 Å². The Balaban J connectivity index is 1.98. The Labute approximate surface area is 112 Å². The molecule has 0 radical (unpaired) electrons. The van der Waals surface area contributed by atoms with Gasteiger partial charge in [0.1, 0.15) is 0 Å². The number of benzene rings is 1. The maximum atomic E-state index is 8.81. The molecule has 0 aromatic heterocycles. The van der Waals surface area contributed by atoms with Crippen molar-refractivity contribution in [1.82, 2.24) is 5.32 Å². The van der Waals surface area contributed by atoms with Gasteiger partial charge in [0.2, 0.25) is 0 Å². The molecular weight excluding hydrogens is 254 g/mol. The molecule has 0 atom stereocenters. The molecular formula is C13H18ClNOS. The normalized spacial score (nSPS) is 15.2. The summed E-state index contributed by atoms with van der Waals surface area (Å²) in [4.78, 5) is 1.16. The van der Waals surface area contributed by atoms with E-state index < -0.39 is 0 Å². The van der Waals surface area contributed by atoms with Gasteiger partial charge in [-0.3, -0.25) is 0 Å². The first kappa shape index (κ1) is 13.2. The molecule has 0 bridgehead atoms. The largest absolute Gasteiger partial charge is 0.396 e. The van der Waals surface area contributed by atoms with E-state index >= 15 is 0 Å². The summed E-state index contributed by atoms with van der Waals surface area (Å²) in [6.07, 6.45) is 3.41. The summed E-state index contributed by atoms with van der Waals surface area (Å²) < 4.78 is 0. The van der Waals surface area contributed by atoms with Crippen LogP contribution in [0.1, 0.15) is 24.8 Å². The van der Waals surface area contributed by atoms with E-state index in [1.165, 1.54) is 18.4 Å². The lowest BCUT2D eigenvalue weighted by Crippen LogP contribution is -2.15. The summed E-state index contributed by atoms with van der Waals surface area (Å²) in [6, 6.07) is 6.78. The number of rotatable bonds is 7. The average molecular weight is 272 g/mol. The quantitative estimate of drug-likeness (QED) is 0.591. The zero-order valence-corrected chi connectivity index (χ0v) is 11.4. The van der Waals surface area contributed by atoms with Crippen LogP contribution in [0.15, 0.2) is 23.1 Å². The van der Waals surface area contributed by atoms with Gasteiger partial charge in [0.15, 0.2) is 0 Å². The zero-order chi connectivity index (χ0) is 12.1. The smallest absolute Gasteiger partial charge is 0.0545 e. The molecule has 1 aromatic rings. The number of thioether (sulfide) groups is 1. The van der Waals surface area contributed by atoms with E-state index in [1.807, 2.05) is 12.1 Å². The van der Waals surface area contributed by atoms with E-state index in [4.69, 9.17) is 16.7 Å². The SMILES string of the molecule is OCCCSc1c(Cl)cccc1CNC1CC1. The van der Waals surface area contributed by atoms with Crippen LogP contribution in [0.25, 0.3) is 0 Å². The van der Waals surface area contributed by atoms with Crippen LogP contribution in [0.3, 0.4) is 0 Å². The fourth-order valence-electron chi connectivity index (χ4n) is 1.63. The van der Waals surface area contributed by atoms with Gasteiger partial charge in [-0.05, 0) is 30.9 Å². The Bertz CT molecular complexity index is 368. The van der Waals surface area contributed by atoms with Crippen molar-refractivity contribution in [2.45, 2.75) is 36.7 Å². The first-order chi connectivity index (χ1) is 8.31. The molecule has 1 aliphatic carbocycles. The van der Waals surface area contributed by atoms with Crippen molar-refractivity contribution in [2.75, 3.05) is 12.4 Å². The van der Waals surface area contributed by atoms with Crippen LogP contribution < -0.4 is 5.32 Å². The second kappa shape index (κ2) is 6.64. The van der Waals surface area contributed by atoms with Crippen molar-refractivity contribution < 1.29 is 5.11 Å². The molecule has 2 rings (SSSR count). The van der Waals surface area contributed by atoms with Crippen LogP contribution in [0.5, 0.6) is 0 Å². The van der Waals surface area contributed by atoms with Crippen molar-refractivity contribution in [3.05, 3.63) is 28.8 Å². The van der Waals surface area contributed by atoms with Gasteiger partial charge in [-0.2, -0.15) is 0 Å². The maximum Gasteiger partial charge on any atom is 0.0545 e. The molecule has 0 spiro atoms. The highest BCUT2D eigenvalue weighted by atomic mass is 35.5. The van der Waals surface area contributed by atoms with Crippen LogP contribution >= 0.6 is 23.4 Å². The molecule has 94 valence electrons. The predicted molar refractivity (Wildman–Crippen MR) is 73.7 cm³/mol. The first-order valence-corrected chi connectivity index (χ1v) is 7.42. The number of hydrogen-bond acceptors (Lipinski definition) is 3. The summed E-state index contributed by atoms with van der Waals surface area (Å²) >= 11 is 7.97. The number of aliphatic hydroxyl groups excluding tert-OH is 1. The van der Waals surface area contributed by atoms with Crippen molar-refractivity contribution >= 4 is 23.4 Å². The summed E-state index contributed by atoms with van der Waals surface area (Å²) in [6.45, 7) is 1.14. The third-order valence-electron chi connectivity index (χ3n) is 2.76. The Hall–Kier alpha value is -0.220. The van der Waals surface area contributed by atoms with E-state index in [0.717, 1.165) is 28.6 Å². The van der Waals surface area contributed by atoms with Gasteiger partial charge in [0.25, 0.3) is 0 Å². The molecule has 2 N–H and O–H groups in total. The number of nitrogens with one attached hydrogen (secondary N) is 1. The Kier molecular flexibility index (Phi) is 5.16. The highest BCUT2D eigenvalue weighted by Crippen LogP contribution is 2.31. The van der Waals surface area contributed by atoms with Gasteiger partial charge in [-0.25, -0.2) is 0 Å². The molecule has 0 heterocycles. The summed E-state index contributed by atoms with van der Waals surface area (Å²) in [5, 5.41) is 13.1. The summed E-state index contributed by atoms with van der Waals surface area (Å²) in [5.41, 5.74) is 1.27. The maximum absolute atomic E-state index is 8.81. The van der Waals surface area contributed by atoms with Crippen LogP contribution in [0.4, 0.5) is 0 Å². The Morgan fingerprint density at radius 2 is 2.24 bits per heavy atom. The minimum atomic E-state index is 0.243. The van der Waals surface area contributed by atoms with E-state index in [1.54, 1.807) is 11.8 Å². The molecule has 1 aromatic carbocycles. The Morgan fingerprint density at radius 3 is 2.94 bits per heavy atom. The lowest BCUT2D eigenvalue weighted by molar-refractivity contribution is 0.296. The fourth-order valence-corrected chi connectivity index (χ4v) is 3.00. The number of aliphatic hydroxyl groups is 1. The zero-order valence-electron chi connectivity index (χ0n) is 9.79. The van der Waals surface area contributed by atoms with E-state index in [2.05, 4.69) is 11.4 Å². The van der Waals surface area contributed by atoms with Crippen LogP contribution in [-0.4, -0.2) is 23.5 Å². The highest BCUT2D eigenvalue weighted by molar-refractivity contribution is 7.99. The third-order valence-corrected chi connectivity index (χ3v) is 4.45. The molecule has 0 unspecified atom stereocenters. The second-order valence-electron chi connectivity index (χ2n) is 4.31. The minimum absolute atomic E-state index is 0.243. The van der Waals surface area contributed by atoms with Gasteiger partial charge in [0, 0.05) is 29.8 Å². The van der Waals surface area contributed by atoms with Crippen molar-refractivity contribution in [1.29, 1.82) is 0 Å². The van der Waals surface area contributed by atoms with E-state index in [-0.39, 0.29) is 6.61 Å². The number of hydrogen-bond donors (Lipinski definition) is 2. The van der Waals surface area contributed by atoms with E-state index in [9.17, 15) is 0 Å². The lowest BCUT2D eigenvalue weighted by atomic mass is 10.2. The lowest BCUT2D eigenvalue weighted by Gasteiger charge is -2.11.